The predicted molar refractivity (Wildman–Crippen MR) is 126 cm³/mol. The molecule has 2 aromatic carbocycles. The Morgan fingerprint density at radius 3 is 2.63 bits per heavy atom. The van der Waals surface area contributed by atoms with Crippen LogP contribution in [0.1, 0.15) is 44.3 Å². The highest BCUT2D eigenvalue weighted by Gasteiger charge is 2.34. The fraction of sp³-hybridized carbons (Fsp3) is 0.259. The van der Waals surface area contributed by atoms with E-state index in [4.69, 9.17) is 4.74 Å². The Hall–Kier alpha value is -3.78. The minimum Gasteiger partial charge on any atom is -0.473 e. The molecular weight excluding hydrogens is 452 g/mol. The molecule has 2 heterocycles. The highest BCUT2D eigenvalue weighted by atomic mass is 19.1. The molecule has 0 saturated carbocycles. The Labute approximate surface area is 201 Å². The van der Waals surface area contributed by atoms with Crippen molar-refractivity contribution in [3.05, 3.63) is 99.7 Å². The van der Waals surface area contributed by atoms with E-state index in [1.165, 1.54) is 22.7 Å². The third kappa shape index (κ3) is 4.14. The summed E-state index contributed by atoms with van der Waals surface area (Å²) < 4.78 is 35.4. The average molecular weight is 478 g/mol. The van der Waals surface area contributed by atoms with Crippen LogP contribution in [0.3, 0.4) is 0 Å². The number of nitrogens with zero attached hydrogens (tertiary/aromatic N) is 2. The van der Waals surface area contributed by atoms with Gasteiger partial charge in [0.2, 0.25) is 5.88 Å². The van der Waals surface area contributed by atoms with Crippen LogP contribution in [-0.4, -0.2) is 27.2 Å². The number of hydrogen-bond acceptors (Lipinski definition) is 4. The number of aliphatic hydroxyl groups is 1. The number of nitrogens with one attached hydrogen (secondary N) is 1. The van der Waals surface area contributed by atoms with Crippen LogP contribution in [0.15, 0.2) is 54.6 Å². The number of halogens is 2. The number of pyridine rings is 1. The zero-order chi connectivity index (χ0) is 24.7. The Balaban J connectivity index is 1.47. The second kappa shape index (κ2) is 9.11. The van der Waals surface area contributed by atoms with Crippen LogP contribution >= 0.6 is 0 Å². The van der Waals surface area contributed by atoms with E-state index in [2.05, 4.69) is 10.4 Å². The van der Waals surface area contributed by atoms with E-state index in [1.807, 2.05) is 37.3 Å². The second-order valence-corrected chi connectivity index (χ2v) is 8.91. The molecule has 0 unspecified atom stereocenters. The third-order valence-corrected chi connectivity index (χ3v) is 6.54. The third-order valence-electron chi connectivity index (χ3n) is 6.54. The lowest BCUT2D eigenvalue weighted by Gasteiger charge is -2.20. The van der Waals surface area contributed by atoms with Gasteiger partial charge in [-0.25, -0.2) is 8.78 Å². The zero-order valence-electron chi connectivity index (χ0n) is 19.4. The Kier molecular flexibility index (Phi) is 5.98. The van der Waals surface area contributed by atoms with Crippen molar-refractivity contribution in [1.82, 2.24) is 14.9 Å². The standard InChI is InChI=1S/C27H25F2N3O3/c1-15-10-23-25(27(34)30-26-18(13-33)12-17-6-3-4-7-19(17)26)16(2)31-32(23)24(11-15)35-14-20-21(28)8-5-9-22(20)29/h3-11,18,26,33H,12-14H2,1-2H3,(H,30,34)/t18-,26+/m0/s1. The minimum absolute atomic E-state index is 0.0446. The molecule has 0 saturated heterocycles. The van der Waals surface area contributed by atoms with E-state index in [0.717, 1.165) is 16.7 Å². The summed E-state index contributed by atoms with van der Waals surface area (Å²) in [6.07, 6.45) is 0.690. The Morgan fingerprint density at radius 1 is 1.14 bits per heavy atom. The Morgan fingerprint density at radius 2 is 1.89 bits per heavy atom. The van der Waals surface area contributed by atoms with Crippen LogP contribution in [0, 0.1) is 31.4 Å². The lowest BCUT2D eigenvalue weighted by molar-refractivity contribution is 0.0912. The highest BCUT2D eigenvalue weighted by molar-refractivity contribution is 6.02. The summed E-state index contributed by atoms with van der Waals surface area (Å²) in [5, 5.41) is 17.5. The largest absolute Gasteiger partial charge is 0.473 e. The maximum atomic E-state index is 14.1. The normalized spacial score (nSPS) is 16.9. The molecule has 8 heteroatoms. The number of hydrogen-bond donors (Lipinski definition) is 2. The van der Waals surface area contributed by atoms with Crippen LogP contribution in [0.2, 0.25) is 0 Å². The van der Waals surface area contributed by atoms with Crippen molar-refractivity contribution in [2.75, 3.05) is 6.61 Å². The first-order valence-electron chi connectivity index (χ1n) is 11.4. The molecule has 1 aliphatic carbocycles. The first-order chi connectivity index (χ1) is 16.9. The number of carbonyl (C=O) groups excluding carboxylic acids is 1. The van der Waals surface area contributed by atoms with Gasteiger partial charge < -0.3 is 15.2 Å². The number of benzene rings is 2. The molecule has 0 bridgehead atoms. The summed E-state index contributed by atoms with van der Waals surface area (Å²) >= 11 is 0. The SMILES string of the molecule is Cc1cc(OCc2c(F)cccc2F)n2nc(C)c(C(=O)N[C@H]3c4ccccc4C[C@H]3CO)c2c1. The van der Waals surface area contributed by atoms with Crippen molar-refractivity contribution in [2.45, 2.75) is 32.9 Å². The van der Waals surface area contributed by atoms with Crippen molar-refractivity contribution in [3.8, 4) is 5.88 Å². The van der Waals surface area contributed by atoms with Gasteiger partial charge in [0.05, 0.1) is 28.4 Å². The number of aromatic nitrogens is 2. The van der Waals surface area contributed by atoms with E-state index >= 15 is 0 Å². The smallest absolute Gasteiger partial charge is 0.255 e. The van der Waals surface area contributed by atoms with Crippen LogP contribution < -0.4 is 10.1 Å². The van der Waals surface area contributed by atoms with Gasteiger partial charge in [0, 0.05) is 18.6 Å². The number of ether oxygens (including phenoxy) is 1. The van der Waals surface area contributed by atoms with Gasteiger partial charge >= 0.3 is 0 Å². The summed E-state index contributed by atoms with van der Waals surface area (Å²) in [7, 11) is 0. The van der Waals surface area contributed by atoms with Gasteiger partial charge in [0.25, 0.3) is 5.91 Å². The van der Waals surface area contributed by atoms with Gasteiger partial charge in [-0.3, -0.25) is 4.79 Å². The zero-order valence-corrected chi connectivity index (χ0v) is 19.4. The number of aryl methyl sites for hydroxylation is 2. The van der Waals surface area contributed by atoms with Crippen molar-refractivity contribution in [1.29, 1.82) is 0 Å². The van der Waals surface area contributed by atoms with Crippen molar-refractivity contribution >= 4 is 11.4 Å². The average Bonchev–Trinajstić information content (AvgIpc) is 3.35. The first-order valence-corrected chi connectivity index (χ1v) is 11.4. The molecule has 1 aliphatic rings. The van der Waals surface area contributed by atoms with Gasteiger partial charge in [-0.1, -0.05) is 30.3 Å². The lowest BCUT2D eigenvalue weighted by Crippen LogP contribution is -2.33. The van der Waals surface area contributed by atoms with Crippen LogP contribution in [0.4, 0.5) is 8.78 Å². The summed E-state index contributed by atoms with van der Waals surface area (Å²) in [4.78, 5) is 13.5. The lowest BCUT2D eigenvalue weighted by atomic mass is 10.0. The van der Waals surface area contributed by atoms with E-state index in [9.17, 15) is 18.7 Å². The summed E-state index contributed by atoms with van der Waals surface area (Å²) in [6, 6.07) is 14.7. The molecule has 1 amide bonds. The fourth-order valence-electron chi connectivity index (χ4n) is 4.82. The van der Waals surface area contributed by atoms with Gasteiger partial charge in [0.1, 0.15) is 18.2 Å². The molecule has 180 valence electrons. The highest BCUT2D eigenvalue weighted by Crippen LogP contribution is 2.36. The molecule has 2 aromatic heterocycles. The first kappa shape index (κ1) is 23.0. The molecule has 35 heavy (non-hydrogen) atoms. The summed E-state index contributed by atoms with van der Waals surface area (Å²) in [6.45, 7) is 3.20. The minimum atomic E-state index is -0.694. The van der Waals surface area contributed by atoms with E-state index in [0.29, 0.717) is 23.2 Å². The molecule has 5 rings (SSSR count). The van der Waals surface area contributed by atoms with Crippen molar-refractivity contribution in [2.24, 2.45) is 5.92 Å². The fourth-order valence-corrected chi connectivity index (χ4v) is 4.82. The topological polar surface area (TPSA) is 75.9 Å². The van der Waals surface area contributed by atoms with Crippen molar-refractivity contribution in [3.63, 3.8) is 0 Å². The Bertz CT molecular complexity index is 1410. The van der Waals surface area contributed by atoms with Gasteiger partial charge in [0.15, 0.2) is 0 Å². The van der Waals surface area contributed by atoms with Crippen LogP contribution in [0.5, 0.6) is 5.88 Å². The summed E-state index contributed by atoms with van der Waals surface area (Å²) in [5.74, 6) is -1.55. The van der Waals surface area contributed by atoms with E-state index < -0.39 is 11.6 Å². The summed E-state index contributed by atoms with van der Waals surface area (Å²) in [5.41, 5.74) is 4.13. The van der Waals surface area contributed by atoms with Gasteiger partial charge in [-0.05, 0) is 55.2 Å². The van der Waals surface area contributed by atoms with Crippen LogP contribution in [-0.2, 0) is 13.0 Å². The quantitative estimate of drug-likeness (QED) is 0.431. The number of aliphatic hydroxyl groups excluding tert-OH is 1. The van der Waals surface area contributed by atoms with E-state index in [1.54, 1.807) is 13.0 Å². The molecule has 2 atom stereocenters. The van der Waals surface area contributed by atoms with Gasteiger partial charge in [-0.2, -0.15) is 9.61 Å². The molecule has 0 aliphatic heterocycles. The number of fused-ring (bicyclic) bond motifs is 2. The molecule has 2 N–H and O–H groups in total. The number of amides is 1. The predicted octanol–water partition coefficient (Wildman–Crippen LogP) is 4.44. The monoisotopic (exact) mass is 477 g/mol. The van der Waals surface area contributed by atoms with E-state index in [-0.39, 0.29) is 42.5 Å². The molecule has 0 radical (unpaired) electrons. The number of carbonyl (C=O) groups is 1. The molecule has 0 fully saturated rings. The molecular formula is C27H25F2N3O3. The maximum absolute atomic E-state index is 14.1. The van der Waals surface area contributed by atoms with Gasteiger partial charge in [-0.15, -0.1) is 0 Å². The molecule has 6 nitrogen and oxygen atoms in total. The maximum Gasteiger partial charge on any atom is 0.255 e. The van der Waals surface area contributed by atoms with Crippen molar-refractivity contribution < 1.29 is 23.4 Å². The second-order valence-electron chi connectivity index (χ2n) is 8.91. The molecule has 0 spiro atoms. The van der Waals surface area contributed by atoms with Crippen LogP contribution in [0.25, 0.3) is 5.52 Å². The number of rotatable bonds is 6. The molecule has 4 aromatic rings.